The van der Waals surface area contributed by atoms with Crippen LogP contribution in [0.5, 0.6) is 5.75 Å². The number of rotatable bonds is 7. The number of Topliss-reactive ketones (excluding diaryl/α,β-unsaturated/α-hetero) is 1. The van der Waals surface area contributed by atoms with Crippen molar-refractivity contribution >= 4 is 5.78 Å². The van der Waals surface area contributed by atoms with E-state index in [1.54, 1.807) is 7.11 Å². The molecule has 0 amide bonds. The predicted molar refractivity (Wildman–Crippen MR) is 76.8 cm³/mol. The predicted octanol–water partition coefficient (Wildman–Crippen LogP) is 3.00. The molecular weight excluding hydrogens is 238 g/mol. The summed E-state index contributed by atoms with van der Waals surface area (Å²) in [6.45, 7) is 4.64. The molecule has 1 saturated carbocycles. The lowest BCUT2D eigenvalue weighted by Crippen LogP contribution is -2.36. The van der Waals surface area contributed by atoms with Crippen molar-refractivity contribution in [2.45, 2.75) is 26.2 Å². The molecule has 0 N–H and O–H groups in total. The molecule has 104 valence electrons. The molecule has 1 aliphatic rings. The molecular formula is C16H23NO2. The monoisotopic (exact) mass is 261 g/mol. The minimum Gasteiger partial charge on any atom is -0.497 e. The summed E-state index contributed by atoms with van der Waals surface area (Å²) in [5.41, 5.74) is 0.742. The Bertz CT molecular complexity index is 427. The molecule has 0 saturated heterocycles. The molecule has 0 spiro atoms. The van der Waals surface area contributed by atoms with Gasteiger partial charge in [-0.1, -0.05) is 25.5 Å². The summed E-state index contributed by atoms with van der Waals surface area (Å²) >= 11 is 0. The van der Waals surface area contributed by atoms with Crippen LogP contribution in [0, 0.1) is 5.92 Å². The first-order chi connectivity index (χ1) is 9.22. The lowest BCUT2D eigenvalue weighted by Gasteiger charge is -2.31. The fourth-order valence-corrected chi connectivity index (χ4v) is 2.44. The number of carbonyl (C=O) groups is 1. The SMILES string of the molecule is CCN(CC(=O)c1cccc(OC)c1)CC1CCC1. The van der Waals surface area contributed by atoms with E-state index in [2.05, 4.69) is 11.8 Å². The molecule has 1 aromatic carbocycles. The second-order valence-corrected chi connectivity index (χ2v) is 5.28. The van der Waals surface area contributed by atoms with Crippen molar-refractivity contribution in [2.75, 3.05) is 26.7 Å². The van der Waals surface area contributed by atoms with E-state index in [1.165, 1.54) is 19.3 Å². The van der Waals surface area contributed by atoms with Crippen LogP contribution in [0.15, 0.2) is 24.3 Å². The molecule has 0 unspecified atom stereocenters. The number of hydrogen-bond donors (Lipinski definition) is 0. The van der Waals surface area contributed by atoms with Crippen LogP contribution in [-0.2, 0) is 0 Å². The molecule has 0 aliphatic heterocycles. The van der Waals surface area contributed by atoms with Crippen LogP contribution in [0.3, 0.4) is 0 Å². The summed E-state index contributed by atoms with van der Waals surface area (Å²) in [5.74, 6) is 1.73. The van der Waals surface area contributed by atoms with Gasteiger partial charge in [0, 0.05) is 12.1 Å². The Labute approximate surface area is 115 Å². The fourth-order valence-electron chi connectivity index (χ4n) is 2.44. The quantitative estimate of drug-likeness (QED) is 0.707. The van der Waals surface area contributed by atoms with Crippen LogP contribution in [0.4, 0.5) is 0 Å². The first kappa shape index (κ1) is 14.1. The van der Waals surface area contributed by atoms with E-state index in [0.717, 1.165) is 30.3 Å². The molecule has 1 aromatic rings. The minimum atomic E-state index is 0.181. The third-order valence-corrected chi connectivity index (χ3v) is 3.95. The van der Waals surface area contributed by atoms with Crippen LogP contribution in [-0.4, -0.2) is 37.4 Å². The van der Waals surface area contributed by atoms with Crippen molar-refractivity contribution in [2.24, 2.45) is 5.92 Å². The number of methoxy groups -OCH3 is 1. The lowest BCUT2D eigenvalue weighted by atomic mass is 9.85. The van der Waals surface area contributed by atoms with Gasteiger partial charge in [0.25, 0.3) is 0 Å². The number of ketones is 1. The van der Waals surface area contributed by atoms with Gasteiger partial charge in [0.05, 0.1) is 13.7 Å². The first-order valence-electron chi connectivity index (χ1n) is 7.12. The van der Waals surface area contributed by atoms with E-state index in [9.17, 15) is 4.79 Å². The molecule has 3 heteroatoms. The van der Waals surface area contributed by atoms with Gasteiger partial charge in [0.15, 0.2) is 5.78 Å². The molecule has 3 nitrogen and oxygen atoms in total. The number of nitrogens with zero attached hydrogens (tertiary/aromatic N) is 1. The Hall–Kier alpha value is -1.35. The molecule has 0 radical (unpaired) electrons. The summed E-state index contributed by atoms with van der Waals surface area (Å²) in [5, 5.41) is 0. The second-order valence-electron chi connectivity index (χ2n) is 5.28. The van der Waals surface area contributed by atoms with Crippen molar-refractivity contribution in [3.63, 3.8) is 0 Å². The maximum atomic E-state index is 12.3. The van der Waals surface area contributed by atoms with Crippen molar-refractivity contribution in [1.82, 2.24) is 4.90 Å². The zero-order valence-electron chi connectivity index (χ0n) is 11.9. The summed E-state index contributed by atoms with van der Waals surface area (Å²) in [6.07, 6.45) is 4.00. The van der Waals surface area contributed by atoms with E-state index in [-0.39, 0.29) is 5.78 Å². The Morgan fingerprint density at radius 1 is 1.42 bits per heavy atom. The Morgan fingerprint density at radius 2 is 2.21 bits per heavy atom. The maximum Gasteiger partial charge on any atom is 0.176 e. The maximum absolute atomic E-state index is 12.3. The number of hydrogen-bond acceptors (Lipinski definition) is 3. The van der Waals surface area contributed by atoms with Crippen LogP contribution >= 0.6 is 0 Å². The van der Waals surface area contributed by atoms with Crippen LogP contribution in [0.1, 0.15) is 36.5 Å². The summed E-state index contributed by atoms with van der Waals surface area (Å²) in [6, 6.07) is 7.42. The van der Waals surface area contributed by atoms with Crippen molar-refractivity contribution < 1.29 is 9.53 Å². The van der Waals surface area contributed by atoms with Gasteiger partial charge < -0.3 is 4.74 Å². The number of benzene rings is 1. The van der Waals surface area contributed by atoms with Gasteiger partial charge in [-0.3, -0.25) is 9.69 Å². The van der Waals surface area contributed by atoms with Crippen LogP contribution in [0.25, 0.3) is 0 Å². The van der Waals surface area contributed by atoms with Crippen molar-refractivity contribution in [3.05, 3.63) is 29.8 Å². The van der Waals surface area contributed by atoms with Gasteiger partial charge in [-0.15, -0.1) is 0 Å². The molecule has 0 bridgehead atoms. The van der Waals surface area contributed by atoms with Crippen molar-refractivity contribution in [1.29, 1.82) is 0 Å². The largest absolute Gasteiger partial charge is 0.497 e. The fraction of sp³-hybridized carbons (Fsp3) is 0.562. The average Bonchev–Trinajstić information content (AvgIpc) is 2.41. The second kappa shape index (κ2) is 6.71. The molecule has 0 atom stereocenters. The van der Waals surface area contributed by atoms with Gasteiger partial charge >= 0.3 is 0 Å². The third-order valence-electron chi connectivity index (χ3n) is 3.95. The van der Waals surface area contributed by atoms with Gasteiger partial charge in [0.2, 0.25) is 0 Å². The highest BCUT2D eigenvalue weighted by Crippen LogP contribution is 2.27. The van der Waals surface area contributed by atoms with E-state index in [4.69, 9.17) is 4.74 Å². The normalized spacial score (nSPS) is 15.3. The number of ether oxygens (including phenoxy) is 1. The van der Waals surface area contributed by atoms with Crippen LogP contribution in [0.2, 0.25) is 0 Å². The number of likely N-dealkylation sites (N-methyl/N-ethyl adjacent to an activating group) is 1. The van der Waals surface area contributed by atoms with E-state index >= 15 is 0 Å². The molecule has 19 heavy (non-hydrogen) atoms. The molecule has 1 fully saturated rings. The smallest absolute Gasteiger partial charge is 0.176 e. The van der Waals surface area contributed by atoms with Gasteiger partial charge in [-0.2, -0.15) is 0 Å². The highest BCUT2D eigenvalue weighted by atomic mass is 16.5. The zero-order valence-corrected chi connectivity index (χ0v) is 11.9. The van der Waals surface area contributed by atoms with E-state index in [0.29, 0.717) is 6.54 Å². The van der Waals surface area contributed by atoms with Crippen molar-refractivity contribution in [3.8, 4) is 5.75 Å². The lowest BCUT2D eigenvalue weighted by molar-refractivity contribution is 0.0904. The zero-order chi connectivity index (χ0) is 13.7. The van der Waals surface area contributed by atoms with E-state index < -0.39 is 0 Å². The summed E-state index contributed by atoms with van der Waals surface area (Å²) < 4.78 is 5.16. The minimum absolute atomic E-state index is 0.181. The van der Waals surface area contributed by atoms with Gasteiger partial charge in [0.1, 0.15) is 5.75 Å². The van der Waals surface area contributed by atoms with Gasteiger partial charge in [-0.05, 0) is 37.4 Å². The summed E-state index contributed by atoms with van der Waals surface area (Å²) in [4.78, 5) is 14.5. The molecule has 2 rings (SSSR count). The topological polar surface area (TPSA) is 29.5 Å². The Morgan fingerprint density at radius 3 is 2.79 bits per heavy atom. The molecule has 0 aromatic heterocycles. The van der Waals surface area contributed by atoms with Gasteiger partial charge in [-0.25, -0.2) is 0 Å². The molecule has 0 heterocycles. The Kier molecular flexibility index (Phi) is 4.97. The standard InChI is InChI=1S/C16H23NO2/c1-3-17(11-13-6-4-7-13)12-16(18)14-8-5-9-15(10-14)19-2/h5,8-10,13H,3-4,6-7,11-12H2,1-2H3. The Balaban J connectivity index is 1.93. The van der Waals surface area contributed by atoms with E-state index in [1.807, 2.05) is 24.3 Å². The first-order valence-corrected chi connectivity index (χ1v) is 7.12. The third kappa shape index (κ3) is 3.80. The molecule has 1 aliphatic carbocycles. The van der Waals surface area contributed by atoms with Crippen LogP contribution < -0.4 is 4.74 Å². The highest BCUT2D eigenvalue weighted by molar-refractivity contribution is 5.97. The summed E-state index contributed by atoms with van der Waals surface area (Å²) in [7, 11) is 1.62. The average molecular weight is 261 g/mol. The number of carbonyl (C=O) groups excluding carboxylic acids is 1. The highest BCUT2D eigenvalue weighted by Gasteiger charge is 2.21.